The van der Waals surface area contributed by atoms with Gasteiger partial charge in [0.25, 0.3) is 0 Å². The molecule has 0 unspecified atom stereocenters. The van der Waals surface area contributed by atoms with E-state index in [1.807, 2.05) is 0 Å². The van der Waals surface area contributed by atoms with Gasteiger partial charge in [0.15, 0.2) is 0 Å². The molecule has 0 radical (unpaired) electrons. The Morgan fingerprint density at radius 3 is 2.67 bits per heavy atom. The standard InChI is InChI=1S/C8H11N/c1-6-4-3-5-7(2)8(6)9/h3-5H,9H2,1-2H3/i1D3. The van der Waals surface area contributed by atoms with Crippen molar-refractivity contribution >= 4 is 5.69 Å². The molecule has 0 heterocycles. The molecule has 0 spiro atoms. The third kappa shape index (κ3) is 1.04. The topological polar surface area (TPSA) is 26.0 Å². The maximum atomic E-state index is 7.16. The van der Waals surface area contributed by atoms with Crippen molar-refractivity contribution in [3.63, 3.8) is 0 Å². The number of anilines is 1. The molecule has 0 aliphatic rings. The zero-order valence-corrected chi connectivity index (χ0v) is 5.31. The average Bonchev–Trinajstić information content (AvgIpc) is 1.92. The van der Waals surface area contributed by atoms with Crippen LogP contribution in [-0.2, 0) is 0 Å². The van der Waals surface area contributed by atoms with Crippen LogP contribution in [0.1, 0.15) is 15.2 Å². The van der Waals surface area contributed by atoms with Crippen LogP contribution < -0.4 is 5.73 Å². The number of para-hydroxylation sites is 1. The minimum atomic E-state index is -2.10. The Balaban J connectivity index is 3.26. The molecule has 0 saturated heterocycles. The maximum absolute atomic E-state index is 7.16. The van der Waals surface area contributed by atoms with Gasteiger partial charge in [-0.05, 0) is 24.9 Å². The second kappa shape index (κ2) is 2.09. The molecule has 1 nitrogen and oxygen atoms in total. The highest BCUT2D eigenvalue weighted by molar-refractivity contribution is 5.52. The highest BCUT2D eigenvalue weighted by Gasteiger charge is 1.92. The third-order valence-corrected chi connectivity index (χ3v) is 1.32. The van der Waals surface area contributed by atoms with Crippen molar-refractivity contribution in [2.45, 2.75) is 13.8 Å². The van der Waals surface area contributed by atoms with Gasteiger partial charge in [0.1, 0.15) is 0 Å². The molecule has 0 saturated carbocycles. The largest absolute Gasteiger partial charge is 0.398 e. The lowest BCUT2D eigenvalue weighted by molar-refractivity contribution is 1.39. The smallest absolute Gasteiger partial charge is 0.0373 e. The highest BCUT2D eigenvalue weighted by Crippen LogP contribution is 2.13. The first-order chi connectivity index (χ1) is 5.43. The van der Waals surface area contributed by atoms with Gasteiger partial charge in [0, 0.05) is 9.80 Å². The molecule has 1 rings (SSSR count). The lowest BCUT2D eigenvalue weighted by atomic mass is 10.1. The normalized spacial score (nSPS) is 15.9. The second-order valence-electron chi connectivity index (χ2n) is 2.04. The molecular formula is C8H11N. The summed E-state index contributed by atoms with van der Waals surface area (Å²) in [5.41, 5.74) is 7.03. The van der Waals surface area contributed by atoms with Crippen LogP contribution in [0.15, 0.2) is 18.2 Å². The fourth-order valence-electron chi connectivity index (χ4n) is 0.681. The van der Waals surface area contributed by atoms with Crippen molar-refractivity contribution in [1.82, 2.24) is 0 Å². The summed E-state index contributed by atoms with van der Waals surface area (Å²) in [6, 6.07) is 5.04. The molecule has 9 heavy (non-hydrogen) atoms. The fourth-order valence-corrected chi connectivity index (χ4v) is 0.681. The van der Waals surface area contributed by atoms with Gasteiger partial charge < -0.3 is 5.73 Å². The zero-order chi connectivity index (χ0) is 9.35. The molecule has 1 heteroatoms. The van der Waals surface area contributed by atoms with E-state index < -0.39 is 6.85 Å². The van der Waals surface area contributed by atoms with E-state index in [0.29, 0.717) is 5.69 Å². The first-order valence-electron chi connectivity index (χ1n) is 4.28. The fraction of sp³-hybridized carbons (Fsp3) is 0.250. The van der Waals surface area contributed by atoms with Crippen molar-refractivity contribution in [1.29, 1.82) is 0 Å². The second-order valence-corrected chi connectivity index (χ2v) is 2.04. The predicted octanol–water partition coefficient (Wildman–Crippen LogP) is 1.89. The number of hydrogen-bond acceptors (Lipinski definition) is 1. The van der Waals surface area contributed by atoms with Crippen LogP contribution in [0.3, 0.4) is 0 Å². The predicted molar refractivity (Wildman–Crippen MR) is 40.3 cm³/mol. The van der Waals surface area contributed by atoms with Crippen LogP contribution in [0, 0.1) is 13.8 Å². The van der Waals surface area contributed by atoms with Crippen molar-refractivity contribution in [2.24, 2.45) is 0 Å². The maximum Gasteiger partial charge on any atom is 0.0373 e. The Hall–Kier alpha value is -0.980. The molecule has 0 bridgehead atoms. The quantitative estimate of drug-likeness (QED) is 0.525. The van der Waals surface area contributed by atoms with Crippen molar-refractivity contribution in [3.8, 4) is 0 Å². The van der Waals surface area contributed by atoms with Gasteiger partial charge >= 0.3 is 0 Å². The van der Waals surface area contributed by atoms with Crippen LogP contribution >= 0.6 is 0 Å². The minimum Gasteiger partial charge on any atom is -0.398 e. The summed E-state index contributed by atoms with van der Waals surface area (Å²) in [5.74, 6) is 0. The van der Waals surface area contributed by atoms with Gasteiger partial charge in [-0.15, -0.1) is 0 Å². The molecule has 48 valence electrons. The zero-order valence-electron chi connectivity index (χ0n) is 8.31. The molecule has 0 amide bonds. The van der Waals surface area contributed by atoms with Crippen LogP contribution in [0.25, 0.3) is 0 Å². The first kappa shape index (κ1) is 3.25. The van der Waals surface area contributed by atoms with E-state index in [0.717, 1.165) is 5.56 Å². The van der Waals surface area contributed by atoms with E-state index in [1.54, 1.807) is 19.1 Å². The Bertz CT molecular complexity index is 291. The summed E-state index contributed by atoms with van der Waals surface area (Å²) < 4.78 is 21.5. The van der Waals surface area contributed by atoms with Crippen LogP contribution in [0.2, 0.25) is 0 Å². The summed E-state index contributed by atoms with van der Waals surface area (Å²) >= 11 is 0. The summed E-state index contributed by atoms with van der Waals surface area (Å²) in [4.78, 5) is 0. The molecule has 0 aromatic heterocycles. The number of benzene rings is 1. The molecular weight excluding hydrogens is 110 g/mol. The molecule has 0 aliphatic heterocycles. The molecule has 1 aromatic rings. The van der Waals surface area contributed by atoms with Gasteiger partial charge in [-0.2, -0.15) is 0 Å². The van der Waals surface area contributed by atoms with Crippen molar-refractivity contribution < 1.29 is 4.11 Å². The lowest BCUT2D eigenvalue weighted by Gasteiger charge is -2.00. The van der Waals surface area contributed by atoms with Crippen molar-refractivity contribution in [2.75, 3.05) is 5.73 Å². The minimum absolute atomic E-state index is 0.238. The molecule has 0 aliphatic carbocycles. The average molecular weight is 124 g/mol. The van der Waals surface area contributed by atoms with E-state index in [1.165, 1.54) is 6.07 Å². The monoisotopic (exact) mass is 124 g/mol. The summed E-state index contributed by atoms with van der Waals surface area (Å²) in [6.45, 7) is -0.305. The number of rotatable bonds is 0. The van der Waals surface area contributed by atoms with Crippen LogP contribution in [0.4, 0.5) is 5.69 Å². The summed E-state index contributed by atoms with van der Waals surface area (Å²) in [6.07, 6.45) is 0. The SMILES string of the molecule is [2H]C([2H])([2H])c1cccc(C)c1N. The number of nitrogen functional groups attached to an aromatic ring is 1. The van der Waals surface area contributed by atoms with E-state index >= 15 is 0 Å². The van der Waals surface area contributed by atoms with Crippen LogP contribution in [-0.4, -0.2) is 0 Å². The van der Waals surface area contributed by atoms with Crippen molar-refractivity contribution in [3.05, 3.63) is 29.3 Å². The van der Waals surface area contributed by atoms with E-state index in [9.17, 15) is 0 Å². The van der Waals surface area contributed by atoms with Gasteiger partial charge in [0.2, 0.25) is 0 Å². The first-order valence-corrected chi connectivity index (χ1v) is 2.78. The highest BCUT2D eigenvalue weighted by atomic mass is 14.6. The Labute approximate surface area is 59.7 Å². The summed E-state index contributed by atoms with van der Waals surface area (Å²) in [5, 5.41) is 0. The Kier molecular flexibility index (Phi) is 0.758. The molecule has 2 N–H and O–H groups in total. The van der Waals surface area contributed by atoms with Gasteiger partial charge in [-0.25, -0.2) is 0 Å². The third-order valence-electron chi connectivity index (χ3n) is 1.32. The number of nitrogens with two attached hydrogens (primary N) is 1. The Morgan fingerprint density at radius 2 is 2.11 bits per heavy atom. The van der Waals surface area contributed by atoms with Crippen LogP contribution in [0.5, 0.6) is 0 Å². The molecule has 0 atom stereocenters. The van der Waals surface area contributed by atoms with Gasteiger partial charge in [0.05, 0.1) is 0 Å². The van der Waals surface area contributed by atoms with E-state index in [2.05, 4.69) is 0 Å². The Morgan fingerprint density at radius 1 is 1.44 bits per heavy atom. The number of aryl methyl sites for hydroxylation is 2. The van der Waals surface area contributed by atoms with E-state index in [4.69, 9.17) is 9.85 Å². The number of hydrogen-bond donors (Lipinski definition) is 1. The van der Waals surface area contributed by atoms with Gasteiger partial charge in [-0.1, -0.05) is 18.2 Å². The summed E-state index contributed by atoms with van der Waals surface area (Å²) in [7, 11) is 0. The van der Waals surface area contributed by atoms with Gasteiger partial charge in [-0.3, -0.25) is 0 Å². The lowest BCUT2D eigenvalue weighted by Crippen LogP contribution is -1.91. The molecule has 1 aromatic carbocycles. The van der Waals surface area contributed by atoms with E-state index in [-0.39, 0.29) is 5.56 Å². The molecule has 0 fully saturated rings.